The largest absolute Gasteiger partial charge is 0.399 e. The van der Waals surface area contributed by atoms with Crippen molar-refractivity contribution in [1.82, 2.24) is 9.78 Å². The molecule has 0 atom stereocenters. The standard InChI is InChI=1S/C14H16N4OS/c1-9-7-12(17(2)16-9)14(19)18-5-6-20-13-4-3-10(15)8-11(13)18/h3-4,7-8H,5-6,15H2,1-2H3. The molecular formula is C14H16N4OS. The van der Waals surface area contributed by atoms with E-state index in [-0.39, 0.29) is 5.91 Å². The van der Waals surface area contributed by atoms with Crippen molar-refractivity contribution in [1.29, 1.82) is 0 Å². The fourth-order valence-electron chi connectivity index (χ4n) is 2.39. The molecule has 1 aliphatic heterocycles. The van der Waals surface area contributed by atoms with E-state index in [4.69, 9.17) is 5.73 Å². The molecule has 104 valence electrons. The summed E-state index contributed by atoms with van der Waals surface area (Å²) in [5.74, 6) is 0.861. The van der Waals surface area contributed by atoms with Crippen molar-refractivity contribution in [3.8, 4) is 0 Å². The fraction of sp³-hybridized carbons (Fsp3) is 0.286. The zero-order chi connectivity index (χ0) is 14.3. The second-order valence-electron chi connectivity index (χ2n) is 4.83. The second-order valence-corrected chi connectivity index (χ2v) is 5.96. The van der Waals surface area contributed by atoms with Crippen LogP contribution in [0.15, 0.2) is 29.2 Å². The van der Waals surface area contributed by atoms with E-state index < -0.39 is 0 Å². The number of thioether (sulfide) groups is 1. The second kappa shape index (κ2) is 4.86. The van der Waals surface area contributed by atoms with Crippen molar-refractivity contribution in [2.75, 3.05) is 22.9 Å². The van der Waals surface area contributed by atoms with Crippen LogP contribution in [0.25, 0.3) is 0 Å². The lowest BCUT2D eigenvalue weighted by Crippen LogP contribution is -2.36. The van der Waals surface area contributed by atoms with Crippen LogP contribution in [0.4, 0.5) is 11.4 Å². The molecule has 3 rings (SSSR count). The zero-order valence-corrected chi connectivity index (χ0v) is 12.3. The Morgan fingerprint density at radius 2 is 2.20 bits per heavy atom. The molecule has 1 aliphatic rings. The van der Waals surface area contributed by atoms with E-state index >= 15 is 0 Å². The molecule has 0 aliphatic carbocycles. The van der Waals surface area contributed by atoms with Gasteiger partial charge in [0.1, 0.15) is 5.69 Å². The van der Waals surface area contributed by atoms with Crippen molar-refractivity contribution in [2.45, 2.75) is 11.8 Å². The third-order valence-corrected chi connectivity index (χ3v) is 4.36. The maximum Gasteiger partial charge on any atom is 0.276 e. The summed E-state index contributed by atoms with van der Waals surface area (Å²) in [6.07, 6.45) is 0. The molecule has 2 heterocycles. The minimum Gasteiger partial charge on any atom is -0.399 e. The minimum absolute atomic E-state index is 0.0275. The number of nitrogens with two attached hydrogens (primary N) is 1. The van der Waals surface area contributed by atoms with Crippen LogP contribution in [0, 0.1) is 6.92 Å². The first kappa shape index (κ1) is 13.1. The van der Waals surface area contributed by atoms with E-state index in [2.05, 4.69) is 5.10 Å². The highest BCUT2D eigenvalue weighted by atomic mass is 32.2. The highest BCUT2D eigenvalue weighted by Crippen LogP contribution is 2.36. The van der Waals surface area contributed by atoms with Crippen LogP contribution < -0.4 is 10.6 Å². The maximum absolute atomic E-state index is 12.7. The molecule has 5 nitrogen and oxygen atoms in total. The number of hydrogen-bond acceptors (Lipinski definition) is 4. The number of carbonyl (C=O) groups excluding carboxylic acids is 1. The molecular weight excluding hydrogens is 272 g/mol. The Hall–Kier alpha value is -1.95. The highest BCUT2D eigenvalue weighted by Gasteiger charge is 2.26. The Morgan fingerprint density at radius 3 is 2.90 bits per heavy atom. The van der Waals surface area contributed by atoms with Gasteiger partial charge in [-0.15, -0.1) is 11.8 Å². The van der Waals surface area contributed by atoms with Crippen molar-refractivity contribution < 1.29 is 4.79 Å². The maximum atomic E-state index is 12.7. The van der Waals surface area contributed by atoms with E-state index in [1.54, 1.807) is 28.4 Å². The Kier molecular flexibility index (Phi) is 3.17. The predicted molar refractivity (Wildman–Crippen MR) is 81.2 cm³/mol. The first-order valence-electron chi connectivity index (χ1n) is 6.41. The monoisotopic (exact) mass is 288 g/mol. The number of aryl methyl sites for hydroxylation is 2. The molecule has 1 aromatic carbocycles. The van der Waals surface area contributed by atoms with Crippen molar-refractivity contribution in [3.05, 3.63) is 35.7 Å². The molecule has 2 aromatic rings. The molecule has 6 heteroatoms. The van der Waals surface area contributed by atoms with E-state index in [0.717, 1.165) is 22.0 Å². The van der Waals surface area contributed by atoms with Gasteiger partial charge >= 0.3 is 0 Å². The van der Waals surface area contributed by atoms with Crippen molar-refractivity contribution >= 4 is 29.0 Å². The van der Waals surface area contributed by atoms with Crippen LogP contribution in [0.5, 0.6) is 0 Å². The van der Waals surface area contributed by atoms with E-state index in [1.165, 1.54) is 0 Å². The van der Waals surface area contributed by atoms with Gasteiger partial charge in [-0.1, -0.05) is 0 Å². The minimum atomic E-state index is -0.0275. The number of amides is 1. The highest BCUT2D eigenvalue weighted by molar-refractivity contribution is 7.99. The summed E-state index contributed by atoms with van der Waals surface area (Å²) in [7, 11) is 1.79. The average molecular weight is 288 g/mol. The summed E-state index contributed by atoms with van der Waals surface area (Å²) < 4.78 is 1.63. The van der Waals surface area contributed by atoms with Gasteiger partial charge in [-0.2, -0.15) is 5.10 Å². The van der Waals surface area contributed by atoms with Gasteiger partial charge in [-0.05, 0) is 31.2 Å². The molecule has 20 heavy (non-hydrogen) atoms. The Morgan fingerprint density at radius 1 is 1.40 bits per heavy atom. The summed E-state index contributed by atoms with van der Waals surface area (Å²) in [4.78, 5) is 15.6. The number of nitrogen functional groups attached to an aromatic ring is 1. The van der Waals surface area contributed by atoms with Gasteiger partial charge in [0.05, 0.1) is 11.4 Å². The normalized spacial score (nSPS) is 14.2. The van der Waals surface area contributed by atoms with Crippen LogP contribution >= 0.6 is 11.8 Å². The number of rotatable bonds is 1. The van der Waals surface area contributed by atoms with Gasteiger partial charge in [-0.25, -0.2) is 0 Å². The summed E-state index contributed by atoms with van der Waals surface area (Å²) >= 11 is 1.75. The molecule has 0 saturated heterocycles. The van der Waals surface area contributed by atoms with Gasteiger partial charge in [0.2, 0.25) is 0 Å². The van der Waals surface area contributed by atoms with E-state index in [9.17, 15) is 4.79 Å². The van der Waals surface area contributed by atoms with Gasteiger partial charge in [0.15, 0.2) is 0 Å². The number of hydrogen-bond donors (Lipinski definition) is 1. The molecule has 1 aromatic heterocycles. The topological polar surface area (TPSA) is 64.2 Å². The lowest BCUT2D eigenvalue weighted by atomic mass is 10.2. The lowest BCUT2D eigenvalue weighted by Gasteiger charge is -2.29. The lowest BCUT2D eigenvalue weighted by molar-refractivity contribution is 0.0978. The first-order chi connectivity index (χ1) is 9.56. The number of nitrogens with zero attached hydrogens (tertiary/aromatic N) is 3. The van der Waals surface area contributed by atoms with Crippen LogP contribution in [-0.2, 0) is 7.05 Å². The van der Waals surface area contributed by atoms with Crippen LogP contribution in [0.2, 0.25) is 0 Å². The molecule has 0 spiro atoms. The van der Waals surface area contributed by atoms with Crippen molar-refractivity contribution in [2.24, 2.45) is 7.05 Å². The summed E-state index contributed by atoms with van der Waals surface area (Å²) in [6.45, 7) is 2.57. The van der Waals surface area contributed by atoms with Crippen LogP contribution in [0.1, 0.15) is 16.2 Å². The molecule has 0 bridgehead atoms. The number of fused-ring (bicyclic) bond motifs is 1. The Labute approximate surface area is 121 Å². The Balaban J connectivity index is 2.02. The smallest absolute Gasteiger partial charge is 0.276 e. The quantitative estimate of drug-likeness (QED) is 0.816. The van der Waals surface area contributed by atoms with E-state index in [1.807, 2.05) is 31.2 Å². The van der Waals surface area contributed by atoms with Gasteiger partial charge < -0.3 is 10.6 Å². The average Bonchev–Trinajstić information content (AvgIpc) is 2.76. The molecule has 0 radical (unpaired) electrons. The summed E-state index contributed by atoms with van der Waals surface area (Å²) in [5, 5.41) is 4.24. The number of carbonyl (C=O) groups is 1. The molecule has 0 fully saturated rings. The van der Waals surface area contributed by atoms with Gasteiger partial charge in [0, 0.05) is 29.9 Å². The van der Waals surface area contributed by atoms with Crippen LogP contribution in [0.3, 0.4) is 0 Å². The number of anilines is 2. The number of benzene rings is 1. The zero-order valence-electron chi connectivity index (χ0n) is 11.5. The number of aromatic nitrogens is 2. The van der Waals surface area contributed by atoms with Crippen LogP contribution in [-0.4, -0.2) is 28.0 Å². The third kappa shape index (κ3) is 2.16. The van der Waals surface area contributed by atoms with E-state index in [0.29, 0.717) is 17.9 Å². The molecule has 0 saturated carbocycles. The predicted octanol–water partition coefficient (Wildman–Crippen LogP) is 2.06. The van der Waals surface area contributed by atoms with Crippen molar-refractivity contribution in [3.63, 3.8) is 0 Å². The first-order valence-corrected chi connectivity index (χ1v) is 7.39. The SMILES string of the molecule is Cc1cc(C(=O)N2CCSc3ccc(N)cc32)n(C)n1. The molecule has 2 N–H and O–H groups in total. The molecule has 1 amide bonds. The third-order valence-electron chi connectivity index (χ3n) is 3.31. The summed E-state index contributed by atoms with van der Waals surface area (Å²) in [6, 6.07) is 7.52. The fourth-order valence-corrected chi connectivity index (χ4v) is 3.37. The van der Waals surface area contributed by atoms with Gasteiger partial charge in [-0.3, -0.25) is 9.48 Å². The molecule has 0 unspecified atom stereocenters. The Bertz CT molecular complexity index is 680. The van der Waals surface area contributed by atoms with Gasteiger partial charge in [0.25, 0.3) is 5.91 Å². The summed E-state index contributed by atoms with van der Waals surface area (Å²) in [5.41, 5.74) is 8.86.